The fourth-order valence-corrected chi connectivity index (χ4v) is 5.92. The molecule has 2 aromatic carbocycles. The van der Waals surface area contributed by atoms with Crippen molar-refractivity contribution in [1.82, 2.24) is 9.29 Å². The predicted octanol–water partition coefficient (Wildman–Crippen LogP) is 4.08. The van der Waals surface area contributed by atoms with E-state index in [9.17, 15) is 13.2 Å². The molecule has 0 aliphatic carbocycles. The highest BCUT2D eigenvalue weighted by molar-refractivity contribution is 7.89. The van der Waals surface area contributed by atoms with Crippen LogP contribution in [0.15, 0.2) is 59.6 Å². The smallest absolute Gasteiger partial charge is 0.245 e. The maximum absolute atomic E-state index is 13.6. The van der Waals surface area contributed by atoms with Crippen LogP contribution in [0.4, 0.5) is 5.69 Å². The summed E-state index contributed by atoms with van der Waals surface area (Å²) in [6.45, 7) is 4.36. The minimum atomic E-state index is -3.86. The second-order valence-electron chi connectivity index (χ2n) is 8.15. The number of carbonyl (C=O) groups excluding carboxylic acids is 1. The van der Waals surface area contributed by atoms with Gasteiger partial charge in [-0.05, 0) is 56.5 Å². The van der Waals surface area contributed by atoms with Crippen molar-refractivity contribution in [3.05, 3.63) is 65.9 Å². The van der Waals surface area contributed by atoms with Crippen LogP contribution in [-0.2, 0) is 14.8 Å². The molecule has 0 amide bonds. The molecule has 6 nitrogen and oxygen atoms in total. The first-order valence-electron chi connectivity index (χ1n) is 10.6. The van der Waals surface area contributed by atoms with Crippen molar-refractivity contribution in [1.29, 1.82) is 0 Å². The highest BCUT2D eigenvalue weighted by atomic mass is 32.2. The molecule has 3 aromatic rings. The summed E-state index contributed by atoms with van der Waals surface area (Å²) in [5, 5.41) is 3.91. The van der Waals surface area contributed by atoms with Gasteiger partial charge in [-0.25, -0.2) is 8.42 Å². The number of anilines is 1. The fraction of sp³-hybridized carbons (Fsp3) is 0.333. The summed E-state index contributed by atoms with van der Waals surface area (Å²) in [5.74, 6) is -0.118. The molecule has 1 fully saturated rings. The molecular weight excluding hydrogens is 410 g/mol. The zero-order valence-corrected chi connectivity index (χ0v) is 18.7. The van der Waals surface area contributed by atoms with E-state index in [0.29, 0.717) is 18.5 Å². The average Bonchev–Trinajstić information content (AvgIpc) is 2.78. The predicted molar refractivity (Wildman–Crippen MR) is 123 cm³/mol. The average molecular weight is 438 g/mol. The van der Waals surface area contributed by atoms with Crippen molar-refractivity contribution in [3.63, 3.8) is 0 Å². The molecule has 0 spiro atoms. The first-order chi connectivity index (χ1) is 14.9. The van der Waals surface area contributed by atoms with Crippen LogP contribution < -0.4 is 5.32 Å². The summed E-state index contributed by atoms with van der Waals surface area (Å²) in [5.41, 5.74) is 3.40. The van der Waals surface area contributed by atoms with Gasteiger partial charge in [-0.3, -0.25) is 9.78 Å². The van der Waals surface area contributed by atoms with Gasteiger partial charge in [0.05, 0.1) is 18.1 Å². The molecule has 1 unspecified atom stereocenters. The van der Waals surface area contributed by atoms with E-state index in [2.05, 4.69) is 10.3 Å². The van der Waals surface area contributed by atoms with Crippen LogP contribution >= 0.6 is 0 Å². The lowest BCUT2D eigenvalue weighted by Gasteiger charge is -2.34. The van der Waals surface area contributed by atoms with E-state index >= 15 is 0 Å². The monoisotopic (exact) mass is 437 g/mol. The number of nitrogens with one attached hydrogen (secondary N) is 1. The number of aromatic nitrogens is 1. The minimum Gasteiger partial charge on any atom is -0.378 e. The summed E-state index contributed by atoms with van der Waals surface area (Å²) in [7, 11) is -3.86. The van der Waals surface area contributed by atoms with Crippen LogP contribution in [0.25, 0.3) is 10.9 Å². The lowest BCUT2D eigenvalue weighted by atomic mass is 10.0. The molecule has 1 N–H and O–H groups in total. The van der Waals surface area contributed by atoms with E-state index in [1.165, 1.54) is 4.31 Å². The fourth-order valence-electron chi connectivity index (χ4n) is 4.07. The molecule has 0 radical (unpaired) electrons. The SMILES string of the molecule is Cc1ccc(NCC(=O)C2CCCCN2S(=O)(=O)c2cccc3cc(C)cnc23)cc1. The topological polar surface area (TPSA) is 79.4 Å². The number of sulfonamides is 1. The first kappa shape index (κ1) is 21.5. The summed E-state index contributed by atoms with van der Waals surface area (Å²) >= 11 is 0. The molecule has 4 rings (SSSR count). The molecule has 7 heteroatoms. The van der Waals surface area contributed by atoms with Gasteiger partial charge in [-0.15, -0.1) is 0 Å². The van der Waals surface area contributed by atoms with E-state index in [1.54, 1.807) is 18.3 Å². The van der Waals surface area contributed by atoms with E-state index in [0.717, 1.165) is 35.0 Å². The minimum absolute atomic E-state index is 0.0900. The Kier molecular flexibility index (Phi) is 6.07. The highest BCUT2D eigenvalue weighted by Gasteiger charge is 2.38. The van der Waals surface area contributed by atoms with Crippen molar-refractivity contribution in [2.24, 2.45) is 0 Å². The van der Waals surface area contributed by atoms with Crippen molar-refractivity contribution in [2.45, 2.75) is 44.0 Å². The number of carbonyl (C=O) groups is 1. The van der Waals surface area contributed by atoms with Gasteiger partial charge in [0.2, 0.25) is 10.0 Å². The second-order valence-corrected chi connectivity index (χ2v) is 10.0. The van der Waals surface area contributed by atoms with Crippen LogP contribution in [0.1, 0.15) is 30.4 Å². The number of para-hydroxylation sites is 1. The number of rotatable bonds is 6. The maximum atomic E-state index is 13.6. The third kappa shape index (κ3) is 4.48. The van der Waals surface area contributed by atoms with Crippen molar-refractivity contribution in [3.8, 4) is 0 Å². The molecule has 31 heavy (non-hydrogen) atoms. The van der Waals surface area contributed by atoms with Gasteiger partial charge >= 0.3 is 0 Å². The lowest BCUT2D eigenvalue weighted by Crippen LogP contribution is -2.49. The number of nitrogens with zero attached hydrogens (tertiary/aromatic N) is 2. The molecule has 162 valence electrons. The van der Waals surface area contributed by atoms with E-state index < -0.39 is 16.1 Å². The molecule has 1 aliphatic rings. The third-order valence-electron chi connectivity index (χ3n) is 5.74. The van der Waals surface area contributed by atoms with Gasteiger partial charge < -0.3 is 5.32 Å². The van der Waals surface area contributed by atoms with Crippen molar-refractivity contribution in [2.75, 3.05) is 18.4 Å². The second kappa shape index (κ2) is 8.77. The number of aryl methyl sites for hydroxylation is 2. The van der Waals surface area contributed by atoms with Crippen LogP contribution in [0.5, 0.6) is 0 Å². The van der Waals surface area contributed by atoms with Gasteiger partial charge in [0, 0.05) is 23.8 Å². The van der Waals surface area contributed by atoms with Crippen molar-refractivity contribution >= 4 is 32.4 Å². The molecule has 1 aromatic heterocycles. The zero-order valence-electron chi connectivity index (χ0n) is 17.8. The molecule has 1 saturated heterocycles. The van der Waals surface area contributed by atoms with Gasteiger partial charge in [0.25, 0.3) is 0 Å². The standard InChI is InChI=1S/C24H27N3O3S/c1-17-9-11-20(12-10-17)25-16-22(28)21-7-3-4-13-27(21)31(29,30)23-8-5-6-19-14-18(2)15-26-24(19)23/h5-6,8-12,14-15,21,25H,3-4,7,13,16H2,1-2H3. The van der Waals surface area contributed by atoms with Gasteiger partial charge in [-0.1, -0.05) is 36.2 Å². The number of fused-ring (bicyclic) bond motifs is 1. The lowest BCUT2D eigenvalue weighted by molar-refractivity contribution is -0.121. The molecule has 1 atom stereocenters. The number of piperidine rings is 1. The molecular formula is C24H27N3O3S. The van der Waals surface area contributed by atoms with E-state index in [-0.39, 0.29) is 17.2 Å². The molecule has 1 aliphatic heterocycles. The highest BCUT2D eigenvalue weighted by Crippen LogP contribution is 2.30. The van der Waals surface area contributed by atoms with E-state index in [1.807, 2.05) is 50.2 Å². The van der Waals surface area contributed by atoms with Crippen LogP contribution in [0.2, 0.25) is 0 Å². The third-order valence-corrected chi connectivity index (χ3v) is 7.68. The summed E-state index contributed by atoms with van der Waals surface area (Å²) < 4.78 is 28.6. The van der Waals surface area contributed by atoms with Crippen LogP contribution in [-0.4, -0.2) is 42.6 Å². The number of pyridine rings is 1. The Labute approximate surface area is 183 Å². The van der Waals surface area contributed by atoms with E-state index in [4.69, 9.17) is 0 Å². The van der Waals surface area contributed by atoms with Gasteiger partial charge in [-0.2, -0.15) is 4.31 Å². The number of hydrogen-bond acceptors (Lipinski definition) is 5. The zero-order chi connectivity index (χ0) is 22.0. The van der Waals surface area contributed by atoms with Gasteiger partial charge in [0.1, 0.15) is 4.90 Å². The Morgan fingerprint density at radius 1 is 1.10 bits per heavy atom. The molecule has 2 heterocycles. The molecule has 0 saturated carbocycles. The van der Waals surface area contributed by atoms with Crippen LogP contribution in [0, 0.1) is 13.8 Å². The Hall–Kier alpha value is -2.77. The largest absolute Gasteiger partial charge is 0.378 e. The summed E-state index contributed by atoms with van der Waals surface area (Å²) in [6.07, 6.45) is 3.78. The maximum Gasteiger partial charge on any atom is 0.245 e. The Balaban J connectivity index is 1.60. The molecule has 0 bridgehead atoms. The number of hydrogen-bond donors (Lipinski definition) is 1. The Morgan fingerprint density at radius 3 is 2.65 bits per heavy atom. The van der Waals surface area contributed by atoms with Gasteiger partial charge in [0.15, 0.2) is 5.78 Å². The summed E-state index contributed by atoms with van der Waals surface area (Å²) in [4.78, 5) is 17.6. The Morgan fingerprint density at radius 2 is 1.87 bits per heavy atom. The Bertz CT molecular complexity index is 1210. The first-order valence-corrected chi connectivity index (χ1v) is 12.0. The quantitative estimate of drug-likeness (QED) is 0.629. The van der Waals surface area contributed by atoms with Crippen molar-refractivity contribution < 1.29 is 13.2 Å². The normalized spacial score (nSPS) is 17.5. The summed E-state index contributed by atoms with van der Waals surface area (Å²) in [6, 6.07) is 14.2. The van der Waals surface area contributed by atoms with Crippen LogP contribution in [0.3, 0.4) is 0 Å². The number of Topliss-reactive ketones (excluding diaryl/α,β-unsaturated/α-hetero) is 1. The number of ketones is 1. The number of benzene rings is 2.